The molecule has 1 aromatic heterocycles. The van der Waals surface area contributed by atoms with Crippen LogP contribution in [0.15, 0.2) is 30.6 Å². The minimum atomic E-state index is 0.0800. The van der Waals surface area contributed by atoms with Crippen LogP contribution in [0.2, 0.25) is 0 Å². The van der Waals surface area contributed by atoms with E-state index in [4.69, 9.17) is 0 Å². The van der Waals surface area contributed by atoms with E-state index in [2.05, 4.69) is 32.9 Å². The number of likely N-dealkylation sites (tertiary alicyclic amines) is 1. The zero-order chi connectivity index (χ0) is 16.5. The minimum Gasteiger partial charge on any atom is -0.352 e. The topological polar surface area (TPSA) is 52.6 Å². The van der Waals surface area contributed by atoms with Crippen molar-refractivity contribution >= 4 is 22.6 Å². The molecule has 4 rings (SSSR count). The molecule has 2 fully saturated rings. The van der Waals surface area contributed by atoms with Crippen molar-refractivity contribution < 1.29 is 4.79 Å². The quantitative estimate of drug-likeness (QED) is 0.835. The molecule has 2 aliphatic heterocycles. The van der Waals surface area contributed by atoms with E-state index in [0.29, 0.717) is 5.91 Å². The van der Waals surface area contributed by atoms with E-state index in [1.165, 1.54) is 0 Å². The molecule has 0 aliphatic carbocycles. The highest BCUT2D eigenvalue weighted by Crippen LogP contribution is 2.24. The number of nitrogens with zero attached hydrogens (tertiary/aromatic N) is 5. The van der Waals surface area contributed by atoms with Crippen molar-refractivity contribution in [1.82, 2.24) is 19.8 Å². The molecule has 6 nitrogen and oxygen atoms in total. The number of rotatable bonds is 2. The van der Waals surface area contributed by atoms with Gasteiger partial charge in [0.15, 0.2) is 0 Å². The third kappa shape index (κ3) is 2.71. The van der Waals surface area contributed by atoms with Gasteiger partial charge in [0.2, 0.25) is 5.91 Å². The van der Waals surface area contributed by atoms with Crippen LogP contribution in [0.3, 0.4) is 0 Å². The van der Waals surface area contributed by atoms with E-state index in [1.54, 1.807) is 6.33 Å². The Morgan fingerprint density at radius 2 is 1.88 bits per heavy atom. The van der Waals surface area contributed by atoms with Crippen LogP contribution in [0.4, 0.5) is 5.82 Å². The summed E-state index contributed by atoms with van der Waals surface area (Å²) in [5, 5.41) is 1.08. The molecule has 0 bridgehead atoms. The average Bonchev–Trinajstić information content (AvgIpc) is 3.07. The van der Waals surface area contributed by atoms with Crippen LogP contribution < -0.4 is 4.90 Å². The highest BCUT2D eigenvalue weighted by Gasteiger charge is 2.33. The molecule has 126 valence electrons. The second-order valence-corrected chi connectivity index (χ2v) is 6.67. The molecule has 0 N–H and O–H groups in total. The first-order valence-electron chi connectivity index (χ1n) is 8.68. The Hall–Kier alpha value is -2.21. The average molecular weight is 325 g/mol. The van der Waals surface area contributed by atoms with Gasteiger partial charge in [-0.3, -0.25) is 9.69 Å². The maximum atomic E-state index is 12.7. The molecule has 2 aromatic rings. The first-order chi connectivity index (χ1) is 11.7. The van der Waals surface area contributed by atoms with Crippen LogP contribution in [0.25, 0.3) is 10.9 Å². The predicted molar refractivity (Wildman–Crippen MR) is 94.0 cm³/mol. The predicted octanol–water partition coefficient (Wildman–Crippen LogP) is 1.37. The van der Waals surface area contributed by atoms with Gasteiger partial charge in [-0.15, -0.1) is 0 Å². The van der Waals surface area contributed by atoms with Gasteiger partial charge in [0.1, 0.15) is 12.1 Å². The van der Waals surface area contributed by atoms with Gasteiger partial charge in [-0.2, -0.15) is 0 Å². The maximum absolute atomic E-state index is 12.7. The lowest BCUT2D eigenvalue weighted by Crippen LogP contribution is -2.53. The monoisotopic (exact) mass is 325 g/mol. The number of anilines is 1. The van der Waals surface area contributed by atoms with Gasteiger partial charge in [-0.05, 0) is 38.6 Å². The summed E-state index contributed by atoms with van der Waals surface area (Å²) in [5.41, 5.74) is 0.966. The van der Waals surface area contributed by atoms with E-state index in [1.807, 2.05) is 23.1 Å². The van der Waals surface area contributed by atoms with Crippen molar-refractivity contribution in [2.24, 2.45) is 0 Å². The fraction of sp³-hybridized carbons (Fsp3) is 0.500. The third-order valence-corrected chi connectivity index (χ3v) is 5.22. The molecule has 6 heteroatoms. The number of amides is 1. The number of carbonyl (C=O) groups excluding carboxylic acids is 1. The number of likely N-dealkylation sites (N-methyl/N-ethyl adjacent to an activating group) is 1. The van der Waals surface area contributed by atoms with Crippen LogP contribution >= 0.6 is 0 Å². The highest BCUT2D eigenvalue weighted by molar-refractivity contribution is 5.89. The standard InChI is InChI=1S/C18H23N5O/c1-21-8-4-7-16(21)18(24)23-11-9-22(10-12-23)17-14-5-2-3-6-15(14)19-13-20-17/h2-3,5-6,13,16H,4,7-12H2,1H3/t16-/m0/s1. The summed E-state index contributed by atoms with van der Waals surface area (Å²) in [6.07, 6.45) is 3.74. The van der Waals surface area contributed by atoms with Crippen molar-refractivity contribution in [3.8, 4) is 0 Å². The molecule has 1 amide bonds. The van der Waals surface area contributed by atoms with Crippen LogP contribution in [0, 0.1) is 0 Å². The van der Waals surface area contributed by atoms with Gasteiger partial charge >= 0.3 is 0 Å². The normalized spacial score (nSPS) is 22.3. The fourth-order valence-corrected chi connectivity index (χ4v) is 3.81. The summed E-state index contributed by atoms with van der Waals surface area (Å²) >= 11 is 0. The van der Waals surface area contributed by atoms with Crippen LogP contribution in [0.5, 0.6) is 0 Å². The third-order valence-electron chi connectivity index (χ3n) is 5.22. The number of hydrogen-bond donors (Lipinski definition) is 0. The lowest BCUT2D eigenvalue weighted by Gasteiger charge is -2.37. The summed E-state index contributed by atoms with van der Waals surface area (Å²) in [6.45, 7) is 4.21. The van der Waals surface area contributed by atoms with E-state index in [9.17, 15) is 4.79 Å². The van der Waals surface area contributed by atoms with Crippen molar-refractivity contribution in [2.75, 3.05) is 44.7 Å². The van der Waals surface area contributed by atoms with Gasteiger partial charge in [0.05, 0.1) is 11.6 Å². The second-order valence-electron chi connectivity index (χ2n) is 6.67. The summed E-state index contributed by atoms with van der Waals surface area (Å²) in [7, 11) is 2.05. The van der Waals surface area contributed by atoms with Crippen molar-refractivity contribution in [1.29, 1.82) is 0 Å². The first kappa shape index (κ1) is 15.3. The Morgan fingerprint density at radius 3 is 2.62 bits per heavy atom. The molecular weight excluding hydrogens is 302 g/mol. The van der Waals surface area contributed by atoms with E-state index in [0.717, 1.165) is 62.3 Å². The number of fused-ring (bicyclic) bond motifs is 1. The molecule has 1 aromatic carbocycles. The zero-order valence-corrected chi connectivity index (χ0v) is 14.1. The summed E-state index contributed by atoms with van der Waals surface area (Å²) in [6, 6.07) is 8.17. The molecule has 2 aliphatic rings. The van der Waals surface area contributed by atoms with Crippen molar-refractivity contribution in [3.05, 3.63) is 30.6 Å². The van der Waals surface area contributed by atoms with Gasteiger partial charge in [-0.25, -0.2) is 9.97 Å². The summed E-state index contributed by atoms with van der Waals surface area (Å²) in [4.78, 5) is 28.0. The van der Waals surface area contributed by atoms with Gasteiger partial charge in [-0.1, -0.05) is 12.1 Å². The lowest BCUT2D eigenvalue weighted by atomic mass is 10.1. The first-order valence-corrected chi connectivity index (χ1v) is 8.68. The van der Waals surface area contributed by atoms with Gasteiger partial charge in [0.25, 0.3) is 0 Å². The number of benzene rings is 1. The van der Waals surface area contributed by atoms with Gasteiger partial charge < -0.3 is 9.80 Å². The SMILES string of the molecule is CN1CCC[C@H]1C(=O)N1CCN(c2ncnc3ccccc23)CC1. The van der Waals surface area contributed by atoms with E-state index in [-0.39, 0.29) is 6.04 Å². The van der Waals surface area contributed by atoms with E-state index < -0.39 is 0 Å². The highest BCUT2D eigenvalue weighted by atomic mass is 16.2. The second kappa shape index (κ2) is 6.36. The van der Waals surface area contributed by atoms with Crippen LogP contribution in [-0.4, -0.2) is 71.5 Å². The van der Waals surface area contributed by atoms with Crippen molar-refractivity contribution in [3.63, 3.8) is 0 Å². The summed E-state index contributed by atoms with van der Waals surface area (Å²) in [5.74, 6) is 1.27. The molecule has 1 atom stereocenters. The smallest absolute Gasteiger partial charge is 0.240 e. The lowest BCUT2D eigenvalue weighted by molar-refractivity contribution is -0.135. The number of carbonyl (C=O) groups is 1. The zero-order valence-electron chi connectivity index (χ0n) is 14.1. The fourth-order valence-electron chi connectivity index (χ4n) is 3.81. The molecule has 3 heterocycles. The molecule has 0 radical (unpaired) electrons. The molecule has 0 saturated carbocycles. The van der Waals surface area contributed by atoms with Crippen LogP contribution in [0.1, 0.15) is 12.8 Å². The Labute approximate surface area is 142 Å². The maximum Gasteiger partial charge on any atom is 0.240 e. The van der Waals surface area contributed by atoms with Crippen molar-refractivity contribution in [2.45, 2.75) is 18.9 Å². The van der Waals surface area contributed by atoms with Crippen LogP contribution in [-0.2, 0) is 4.79 Å². The molecule has 0 spiro atoms. The molecule has 24 heavy (non-hydrogen) atoms. The molecular formula is C18H23N5O. The Kier molecular flexibility index (Phi) is 4.06. The molecule has 0 unspecified atom stereocenters. The Morgan fingerprint density at radius 1 is 1.08 bits per heavy atom. The van der Waals surface area contributed by atoms with Gasteiger partial charge in [0, 0.05) is 31.6 Å². The number of aromatic nitrogens is 2. The number of para-hydroxylation sites is 1. The largest absolute Gasteiger partial charge is 0.352 e. The minimum absolute atomic E-state index is 0.0800. The number of piperazine rings is 1. The van der Waals surface area contributed by atoms with E-state index >= 15 is 0 Å². The molecule has 2 saturated heterocycles. The Balaban J connectivity index is 1.47. The number of hydrogen-bond acceptors (Lipinski definition) is 5. The Bertz CT molecular complexity index is 736. The summed E-state index contributed by atoms with van der Waals surface area (Å²) < 4.78 is 0.